The highest BCUT2D eigenvalue weighted by atomic mass is 16.5. The van der Waals surface area contributed by atoms with E-state index in [-0.39, 0.29) is 11.9 Å². The predicted octanol–water partition coefficient (Wildman–Crippen LogP) is 2.94. The third-order valence-electron chi connectivity index (χ3n) is 2.06. The van der Waals surface area contributed by atoms with Crippen LogP contribution in [-0.2, 0) is 16.0 Å². The van der Waals surface area contributed by atoms with Crippen molar-refractivity contribution in [1.82, 2.24) is 0 Å². The predicted molar refractivity (Wildman–Crippen MR) is 60.2 cm³/mol. The molecule has 80 valence electrons. The van der Waals surface area contributed by atoms with Crippen LogP contribution in [0.25, 0.3) is 0 Å². The minimum Gasteiger partial charge on any atom is -0.432 e. The molecule has 2 nitrogen and oxygen atoms in total. The third-order valence-corrected chi connectivity index (χ3v) is 2.06. The summed E-state index contributed by atoms with van der Waals surface area (Å²) < 4.78 is 4.95. The lowest BCUT2D eigenvalue weighted by Crippen LogP contribution is -2.16. The first-order valence-electron chi connectivity index (χ1n) is 5.00. The molecule has 15 heavy (non-hydrogen) atoms. The number of carbonyl (C=O) groups excluding carboxylic acids is 1. The van der Waals surface area contributed by atoms with E-state index >= 15 is 0 Å². The summed E-state index contributed by atoms with van der Waals surface area (Å²) in [6, 6.07) is 9.90. The highest BCUT2D eigenvalue weighted by Gasteiger charge is 2.14. The van der Waals surface area contributed by atoms with Gasteiger partial charge in [-0.1, -0.05) is 43.8 Å². The molecule has 0 aromatic heterocycles. The molecule has 0 aliphatic carbocycles. The lowest BCUT2D eigenvalue weighted by molar-refractivity contribution is -0.143. The van der Waals surface area contributed by atoms with Gasteiger partial charge in [-0.15, -0.1) is 0 Å². The van der Waals surface area contributed by atoms with E-state index in [1.54, 1.807) is 6.92 Å². The van der Waals surface area contributed by atoms with Gasteiger partial charge in [0.15, 0.2) is 0 Å². The molecule has 0 saturated carbocycles. The van der Waals surface area contributed by atoms with Crippen molar-refractivity contribution < 1.29 is 9.53 Å². The number of esters is 1. The summed E-state index contributed by atoms with van der Waals surface area (Å²) in [5.74, 6) is 0.0929. The number of allylic oxidation sites excluding steroid dienone is 1. The average Bonchev–Trinajstić information content (AvgIpc) is 2.18. The van der Waals surface area contributed by atoms with Crippen molar-refractivity contribution >= 4 is 5.97 Å². The van der Waals surface area contributed by atoms with Crippen LogP contribution >= 0.6 is 0 Å². The summed E-state index contributed by atoms with van der Waals surface area (Å²) in [5.41, 5.74) is 1.14. The molecular weight excluding hydrogens is 188 g/mol. The van der Waals surface area contributed by atoms with Crippen LogP contribution in [0, 0.1) is 5.92 Å². The fourth-order valence-electron chi connectivity index (χ4n) is 1.32. The molecule has 1 aromatic carbocycles. The maximum atomic E-state index is 11.5. The van der Waals surface area contributed by atoms with Gasteiger partial charge in [0, 0.05) is 0 Å². The Morgan fingerprint density at radius 3 is 2.53 bits per heavy atom. The maximum Gasteiger partial charge on any atom is 0.314 e. The molecule has 1 rings (SSSR count). The number of hydrogen-bond donors (Lipinski definition) is 0. The van der Waals surface area contributed by atoms with Crippen LogP contribution < -0.4 is 0 Å². The van der Waals surface area contributed by atoms with E-state index in [4.69, 9.17) is 4.74 Å². The Bertz CT molecular complexity index is 341. The summed E-state index contributed by atoms with van der Waals surface area (Å²) in [6.45, 7) is 7.07. The Labute approximate surface area is 90.6 Å². The van der Waals surface area contributed by atoms with Crippen molar-refractivity contribution in [1.29, 1.82) is 0 Å². The van der Waals surface area contributed by atoms with Crippen molar-refractivity contribution in [2.24, 2.45) is 5.92 Å². The molecule has 2 heteroatoms. The second kappa shape index (κ2) is 5.35. The molecule has 0 N–H and O–H groups in total. The Balaban J connectivity index is 2.52. The molecular formula is C13H16O2. The van der Waals surface area contributed by atoms with Gasteiger partial charge in [0.2, 0.25) is 0 Å². The van der Waals surface area contributed by atoms with Gasteiger partial charge >= 0.3 is 5.97 Å². The standard InChI is InChI=1S/C13H16O2/c1-10(2)15-13(14)11(3)9-12-7-5-4-6-8-12/h4-8,11H,1,9H2,2-3H3. The van der Waals surface area contributed by atoms with Crippen molar-refractivity contribution in [2.45, 2.75) is 20.3 Å². The normalized spacial score (nSPS) is 11.9. The number of benzene rings is 1. The lowest BCUT2D eigenvalue weighted by Gasteiger charge is -2.10. The molecule has 0 bridgehead atoms. The highest BCUT2D eigenvalue weighted by molar-refractivity contribution is 5.73. The van der Waals surface area contributed by atoms with Crippen LogP contribution in [0.3, 0.4) is 0 Å². The van der Waals surface area contributed by atoms with Crippen LogP contribution in [-0.4, -0.2) is 5.97 Å². The summed E-state index contributed by atoms with van der Waals surface area (Å²) in [5, 5.41) is 0. The summed E-state index contributed by atoms with van der Waals surface area (Å²) >= 11 is 0. The molecule has 0 radical (unpaired) electrons. The van der Waals surface area contributed by atoms with Gasteiger partial charge < -0.3 is 4.74 Å². The Morgan fingerprint density at radius 1 is 1.40 bits per heavy atom. The quantitative estimate of drug-likeness (QED) is 0.556. The van der Waals surface area contributed by atoms with Crippen molar-refractivity contribution in [3.05, 3.63) is 48.2 Å². The number of rotatable bonds is 4. The maximum absolute atomic E-state index is 11.5. The van der Waals surface area contributed by atoms with E-state index in [1.807, 2.05) is 37.3 Å². The fourth-order valence-corrected chi connectivity index (χ4v) is 1.32. The first-order chi connectivity index (χ1) is 7.09. The largest absolute Gasteiger partial charge is 0.432 e. The topological polar surface area (TPSA) is 26.3 Å². The number of hydrogen-bond acceptors (Lipinski definition) is 2. The van der Waals surface area contributed by atoms with Crippen molar-refractivity contribution in [2.75, 3.05) is 0 Å². The molecule has 1 atom stereocenters. The first-order valence-corrected chi connectivity index (χ1v) is 5.00. The zero-order chi connectivity index (χ0) is 11.3. The molecule has 0 aliphatic rings. The van der Waals surface area contributed by atoms with E-state index in [0.717, 1.165) is 5.56 Å². The van der Waals surface area contributed by atoms with Gasteiger partial charge in [0.05, 0.1) is 11.7 Å². The molecule has 0 saturated heterocycles. The molecule has 0 aliphatic heterocycles. The van der Waals surface area contributed by atoms with Crippen LogP contribution in [0.5, 0.6) is 0 Å². The summed E-state index contributed by atoms with van der Waals surface area (Å²) in [6.07, 6.45) is 0.701. The molecule has 0 fully saturated rings. The van der Waals surface area contributed by atoms with E-state index in [2.05, 4.69) is 6.58 Å². The van der Waals surface area contributed by atoms with Crippen LogP contribution in [0.4, 0.5) is 0 Å². The number of carbonyl (C=O) groups is 1. The van der Waals surface area contributed by atoms with Gasteiger partial charge in [0.25, 0.3) is 0 Å². The van der Waals surface area contributed by atoms with E-state index in [0.29, 0.717) is 12.2 Å². The van der Waals surface area contributed by atoms with Crippen molar-refractivity contribution in [3.8, 4) is 0 Å². The minimum absolute atomic E-state index is 0.135. The zero-order valence-corrected chi connectivity index (χ0v) is 9.19. The van der Waals surface area contributed by atoms with E-state index in [1.165, 1.54) is 0 Å². The first kappa shape index (κ1) is 11.5. The molecule has 1 unspecified atom stereocenters. The monoisotopic (exact) mass is 204 g/mol. The lowest BCUT2D eigenvalue weighted by atomic mass is 10.0. The van der Waals surface area contributed by atoms with Crippen LogP contribution in [0.1, 0.15) is 19.4 Å². The summed E-state index contributed by atoms with van der Waals surface area (Å²) in [7, 11) is 0. The van der Waals surface area contributed by atoms with Crippen LogP contribution in [0.15, 0.2) is 42.7 Å². The van der Waals surface area contributed by atoms with Crippen LogP contribution in [0.2, 0.25) is 0 Å². The Kier molecular flexibility index (Phi) is 4.10. The molecule has 0 heterocycles. The van der Waals surface area contributed by atoms with E-state index < -0.39 is 0 Å². The van der Waals surface area contributed by atoms with E-state index in [9.17, 15) is 4.79 Å². The van der Waals surface area contributed by atoms with Gasteiger partial charge in [-0.3, -0.25) is 4.79 Å². The fraction of sp³-hybridized carbons (Fsp3) is 0.308. The molecule has 0 amide bonds. The van der Waals surface area contributed by atoms with Gasteiger partial charge in [-0.25, -0.2) is 0 Å². The third kappa shape index (κ3) is 3.98. The smallest absolute Gasteiger partial charge is 0.314 e. The zero-order valence-electron chi connectivity index (χ0n) is 9.19. The van der Waals surface area contributed by atoms with Gasteiger partial charge in [-0.2, -0.15) is 0 Å². The SMILES string of the molecule is C=C(C)OC(=O)C(C)Cc1ccccc1. The molecule has 1 aromatic rings. The average molecular weight is 204 g/mol. The summed E-state index contributed by atoms with van der Waals surface area (Å²) in [4.78, 5) is 11.5. The Hall–Kier alpha value is -1.57. The van der Waals surface area contributed by atoms with Gasteiger partial charge in [-0.05, 0) is 18.9 Å². The second-order valence-electron chi connectivity index (χ2n) is 3.71. The minimum atomic E-state index is -0.216. The number of ether oxygens (including phenoxy) is 1. The highest BCUT2D eigenvalue weighted by Crippen LogP contribution is 2.10. The molecule has 0 spiro atoms. The second-order valence-corrected chi connectivity index (χ2v) is 3.71. The Morgan fingerprint density at radius 2 is 2.00 bits per heavy atom. The van der Waals surface area contributed by atoms with Crippen molar-refractivity contribution in [3.63, 3.8) is 0 Å². The van der Waals surface area contributed by atoms with Gasteiger partial charge in [0.1, 0.15) is 0 Å².